The number of guanidine groups is 1. The number of hydrogen-bond acceptors (Lipinski definition) is 5. The number of hydrogen-bond donors (Lipinski definition) is 2. The van der Waals surface area contributed by atoms with E-state index in [1.807, 2.05) is 6.92 Å². The van der Waals surface area contributed by atoms with Crippen LogP contribution in [0.3, 0.4) is 0 Å². The molecule has 0 aromatic heterocycles. The Hall–Kier alpha value is -2.57. The predicted octanol–water partition coefficient (Wildman–Crippen LogP) is 0.756. The van der Waals surface area contributed by atoms with Gasteiger partial charge < -0.3 is 20.9 Å². The van der Waals surface area contributed by atoms with Crippen molar-refractivity contribution >= 4 is 18.1 Å². The molecule has 0 radical (unpaired) electrons. The summed E-state index contributed by atoms with van der Waals surface area (Å²) < 4.78 is 10.4. The monoisotopic (exact) mass is 278 g/mol. The van der Waals surface area contributed by atoms with Gasteiger partial charge in [0.25, 0.3) is 0 Å². The van der Waals surface area contributed by atoms with Gasteiger partial charge in [0.1, 0.15) is 12.4 Å². The van der Waals surface area contributed by atoms with Crippen LogP contribution < -0.4 is 16.2 Å². The second-order valence-corrected chi connectivity index (χ2v) is 3.85. The summed E-state index contributed by atoms with van der Waals surface area (Å²) in [7, 11) is 0. The predicted molar refractivity (Wildman–Crippen MR) is 76.5 cm³/mol. The third-order valence-corrected chi connectivity index (χ3v) is 2.20. The van der Waals surface area contributed by atoms with Gasteiger partial charge in [0.2, 0.25) is 5.96 Å². The number of esters is 1. The number of nitrogens with zero attached hydrogens (tertiary/aromatic N) is 2. The molecule has 0 atom stereocenters. The first-order valence-corrected chi connectivity index (χ1v) is 6.04. The van der Waals surface area contributed by atoms with Gasteiger partial charge >= 0.3 is 5.97 Å². The van der Waals surface area contributed by atoms with Gasteiger partial charge in [-0.05, 0) is 30.7 Å². The van der Waals surface area contributed by atoms with Crippen LogP contribution in [0, 0.1) is 0 Å². The molecular formula is C13H18N4O3. The average Bonchev–Trinajstić information content (AvgIpc) is 2.38. The molecule has 7 nitrogen and oxygen atoms in total. The van der Waals surface area contributed by atoms with E-state index in [0.717, 1.165) is 11.1 Å². The van der Waals surface area contributed by atoms with Crippen molar-refractivity contribution in [1.29, 1.82) is 0 Å². The van der Waals surface area contributed by atoms with Crippen molar-refractivity contribution in [3.63, 3.8) is 0 Å². The van der Waals surface area contributed by atoms with Gasteiger partial charge in [0.05, 0.1) is 12.8 Å². The van der Waals surface area contributed by atoms with E-state index in [0.29, 0.717) is 12.4 Å². The number of carbonyl (C=O) groups excluding carboxylic acids is 1. The highest BCUT2D eigenvalue weighted by Crippen LogP contribution is 2.20. The lowest BCUT2D eigenvalue weighted by molar-refractivity contribution is -0.142. The molecule has 1 aromatic rings. The average molecular weight is 278 g/mol. The summed E-state index contributed by atoms with van der Waals surface area (Å²) in [6.45, 7) is 3.89. The maximum absolute atomic E-state index is 10.9. The van der Waals surface area contributed by atoms with Crippen molar-refractivity contribution < 1.29 is 14.3 Å². The second-order valence-electron chi connectivity index (χ2n) is 3.85. The van der Waals surface area contributed by atoms with Gasteiger partial charge in [-0.25, -0.2) is 0 Å². The third-order valence-electron chi connectivity index (χ3n) is 2.20. The first kappa shape index (κ1) is 15.5. The van der Waals surface area contributed by atoms with Gasteiger partial charge in [-0.15, -0.1) is 5.10 Å². The molecule has 0 aliphatic carbocycles. The molecule has 0 saturated heterocycles. The summed E-state index contributed by atoms with van der Waals surface area (Å²) in [5.74, 6) is 0.187. The summed E-state index contributed by atoms with van der Waals surface area (Å²) in [5.41, 5.74) is 11.8. The van der Waals surface area contributed by atoms with Crippen LogP contribution in [0.2, 0.25) is 0 Å². The zero-order valence-corrected chi connectivity index (χ0v) is 11.5. The van der Waals surface area contributed by atoms with Crippen molar-refractivity contribution in [3.05, 3.63) is 29.3 Å². The van der Waals surface area contributed by atoms with E-state index in [1.165, 1.54) is 13.1 Å². The zero-order chi connectivity index (χ0) is 15.0. The minimum absolute atomic E-state index is 0.118. The standard InChI is InChI=1S/C13H18N4O3/c1-3-19-12-5-4-10(7-16-17-13(14)15)6-11(12)8-20-9(2)18/h4-7H,3,8H2,1-2H3,(H4,14,15,17). The molecule has 7 heteroatoms. The molecule has 0 saturated carbocycles. The molecule has 4 N–H and O–H groups in total. The molecule has 0 fully saturated rings. The van der Waals surface area contributed by atoms with Crippen LogP contribution in [0.5, 0.6) is 5.75 Å². The first-order chi connectivity index (χ1) is 9.52. The normalized spacial score (nSPS) is 10.3. The molecule has 0 bridgehead atoms. The fourth-order valence-corrected chi connectivity index (χ4v) is 1.43. The Bertz CT molecular complexity index is 522. The summed E-state index contributed by atoms with van der Waals surface area (Å²) in [6.07, 6.45) is 1.49. The van der Waals surface area contributed by atoms with Crippen LogP contribution in [0.15, 0.2) is 28.4 Å². The molecule has 0 amide bonds. The Morgan fingerprint density at radius 3 is 2.75 bits per heavy atom. The largest absolute Gasteiger partial charge is 0.493 e. The van der Waals surface area contributed by atoms with E-state index in [-0.39, 0.29) is 18.5 Å². The Morgan fingerprint density at radius 1 is 1.40 bits per heavy atom. The lowest BCUT2D eigenvalue weighted by Crippen LogP contribution is -2.21. The highest BCUT2D eigenvalue weighted by atomic mass is 16.5. The number of benzene rings is 1. The Kier molecular flexibility index (Phi) is 6.02. The van der Waals surface area contributed by atoms with Gasteiger partial charge in [-0.1, -0.05) is 0 Å². The van der Waals surface area contributed by atoms with E-state index in [9.17, 15) is 4.79 Å². The van der Waals surface area contributed by atoms with Gasteiger partial charge in [-0.3, -0.25) is 4.79 Å². The highest BCUT2D eigenvalue weighted by Gasteiger charge is 2.06. The van der Waals surface area contributed by atoms with E-state index >= 15 is 0 Å². The number of nitrogens with two attached hydrogens (primary N) is 2. The summed E-state index contributed by atoms with van der Waals surface area (Å²) in [6, 6.07) is 5.37. The summed E-state index contributed by atoms with van der Waals surface area (Å²) >= 11 is 0. The molecule has 1 rings (SSSR count). The smallest absolute Gasteiger partial charge is 0.302 e. The maximum Gasteiger partial charge on any atom is 0.302 e. The first-order valence-electron chi connectivity index (χ1n) is 6.04. The van der Waals surface area contributed by atoms with Crippen LogP contribution >= 0.6 is 0 Å². The van der Waals surface area contributed by atoms with E-state index in [2.05, 4.69) is 10.2 Å². The second kappa shape index (κ2) is 7.78. The quantitative estimate of drug-likeness (QED) is 0.345. The lowest BCUT2D eigenvalue weighted by atomic mass is 10.1. The summed E-state index contributed by atoms with van der Waals surface area (Å²) in [4.78, 5) is 10.9. The van der Waals surface area contributed by atoms with Gasteiger partial charge in [-0.2, -0.15) is 5.10 Å². The van der Waals surface area contributed by atoms with E-state index < -0.39 is 0 Å². The third kappa shape index (κ3) is 5.38. The van der Waals surface area contributed by atoms with Crippen molar-refractivity contribution in [1.82, 2.24) is 0 Å². The number of carbonyl (C=O) groups is 1. The zero-order valence-electron chi connectivity index (χ0n) is 11.5. The van der Waals surface area contributed by atoms with Crippen LogP contribution in [-0.2, 0) is 16.1 Å². The minimum Gasteiger partial charge on any atom is -0.493 e. The van der Waals surface area contributed by atoms with Crippen LogP contribution in [0.1, 0.15) is 25.0 Å². The molecular weight excluding hydrogens is 260 g/mol. The lowest BCUT2D eigenvalue weighted by Gasteiger charge is -2.10. The molecule has 108 valence electrons. The molecule has 1 aromatic carbocycles. The van der Waals surface area contributed by atoms with Crippen LogP contribution in [0.25, 0.3) is 0 Å². The van der Waals surface area contributed by atoms with Crippen molar-refractivity contribution in [2.24, 2.45) is 21.7 Å². The highest BCUT2D eigenvalue weighted by molar-refractivity contribution is 5.82. The van der Waals surface area contributed by atoms with Crippen molar-refractivity contribution in [2.75, 3.05) is 6.61 Å². The molecule has 0 aliphatic rings. The number of rotatable bonds is 6. The Morgan fingerprint density at radius 2 is 2.15 bits per heavy atom. The van der Waals surface area contributed by atoms with Gasteiger partial charge in [0, 0.05) is 12.5 Å². The summed E-state index contributed by atoms with van der Waals surface area (Å²) in [5, 5.41) is 7.23. The molecule has 20 heavy (non-hydrogen) atoms. The molecule has 0 aliphatic heterocycles. The fourth-order valence-electron chi connectivity index (χ4n) is 1.43. The van der Waals surface area contributed by atoms with Crippen LogP contribution in [0.4, 0.5) is 0 Å². The van der Waals surface area contributed by atoms with Crippen molar-refractivity contribution in [2.45, 2.75) is 20.5 Å². The molecule has 0 unspecified atom stereocenters. The Balaban J connectivity index is 2.93. The topological polar surface area (TPSA) is 112 Å². The van der Waals surface area contributed by atoms with E-state index in [4.69, 9.17) is 20.9 Å². The van der Waals surface area contributed by atoms with Gasteiger partial charge in [0.15, 0.2) is 0 Å². The van der Waals surface area contributed by atoms with Crippen LogP contribution in [-0.4, -0.2) is 24.8 Å². The Labute approximate surface area is 117 Å². The molecule has 0 heterocycles. The molecule has 0 spiro atoms. The SMILES string of the molecule is CCOc1ccc(C=NN=C(N)N)cc1COC(C)=O. The fraction of sp³-hybridized carbons (Fsp3) is 0.308. The van der Waals surface area contributed by atoms with E-state index in [1.54, 1.807) is 18.2 Å². The minimum atomic E-state index is -0.355. The van der Waals surface area contributed by atoms with Crippen molar-refractivity contribution in [3.8, 4) is 5.75 Å². The number of ether oxygens (including phenoxy) is 2. The maximum atomic E-state index is 10.9.